The summed E-state index contributed by atoms with van der Waals surface area (Å²) >= 11 is 6.18. The van der Waals surface area contributed by atoms with Crippen molar-refractivity contribution >= 4 is 17.3 Å². The number of nitrogens with one attached hydrogen (secondary N) is 1. The van der Waals surface area contributed by atoms with Crippen LogP contribution in [0.15, 0.2) is 42.5 Å². The summed E-state index contributed by atoms with van der Waals surface area (Å²) < 4.78 is 5.42. The molecule has 1 N–H and O–H groups in total. The molecule has 0 aliphatic carbocycles. The molecular weight excluding hydrogens is 246 g/mol. The lowest BCUT2D eigenvalue weighted by Gasteiger charge is -2.08. The Labute approximate surface area is 113 Å². The molecule has 0 saturated heterocycles. The topological polar surface area (TPSA) is 21.3 Å². The van der Waals surface area contributed by atoms with Gasteiger partial charge in [-0.15, -0.1) is 0 Å². The second-order valence-corrected chi connectivity index (χ2v) is 4.31. The first-order valence-corrected chi connectivity index (χ1v) is 6.33. The van der Waals surface area contributed by atoms with Crippen molar-refractivity contribution < 1.29 is 4.74 Å². The lowest BCUT2D eigenvalue weighted by atomic mass is 10.1. The Kier molecular flexibility index (Phi) is 4.11. The predicted molar refractivity (Wildman–Crippen MR) is 77.6 cm³/mol. The van der Waals surface area contributed by atoms with Gasteiger partial charge in [0.2, 0.25) is 0 Å². The number of rotatable bonds is 4. The third kappa shape index (κ3) is 2.77. The van der Waals surface area contributed by atoms with Crippen molar-refractivity contribution in [2.75, 3.05) is 19.0 Å². The maximum absolute atomic E-state index is 6.18. The molecule has 2 nitrogen and oxygen atoms in total. The Morgan fingerprint density at radius 1 is 1.06 bits per heavy atom. The van der Waals surface area contributed by atoms with E-state index in [0.29, 0.717) is 11.6 Å². The highest BCUT2D eigenvalue weighted by Gasteiger charge is 2.04. The van der Waals surface area contributed by atoms with Crippen molar-refractivity contribution in [3.63, 3.8) is 0 Å². The van der Waals surface area contributed by atoms with Gasteiger partial charge in [0, 0.05) is 12.7 Å². The fourth-order valence-electron chi connectivity index (χ4n) is 1.78. The quantitative estimate of drug-likeness (QED) is 0.878. The van der Waals surface area contributed by atoms with Crippen LogP contribution >= 0.6 is 11.6 Å². The lowest BCUT2D eigenvalue weighted by Crippen LogP contribution is -1.92. The fraction of sp³-hybridized carbons (Fsp3) is 0.200. The summed E-state index contributed by atoms with van der Waals surface area (Å²) in [5.74, 6) is 0.731. The van der Waals surface area contributed by atoms with Crippen LogP contribution < -0.4 is 10.1 Å². The Bertz CT molecular complexity index is 523. The molecule has 2 aromatic rings. The van der Waals surface area contributed by atoms with E-state index in [2.05, 4.69) is 17.4 Å². The zero-order valence-corrected chi connectivity index (χ0v) is 11.3. The van der Waals surface area contributed by atoms with E-state index in [1.54, 1.807) is 0 Å². The molecule has 0 fully saturated rings. The SMILES string of the molecule is CCOc1ccc(-c2ccc(NC)cc2)cc1Cl. The minimum atomic E-state index is 0.621. The van der Waals surface area contributed by atoms with Crippen LogP contribution in [-0.2, 0) is 0 Å². The largest absolute Gasteiger partial charge is 0.492 e. The summed E-state index contributed by atoms with van der Waals surface area (Å²) in [6.45, 7) is 2.57. The molecule has 0 aromatic heterocycles. The monoisotopic (exact) mass is 261 g/mol. The number of hydrogen-bond acceptors (Lipinski definition) is 2. The second kappa shape index (κ2) is 5.78. The second-order valence-electron chi connectivity index (χ2n) is 3.91. The molecule has 2 rings (SSSR count). The molecule has 0 saturated carbocycles. The highest BCUT2D eigenvalue weighted by molar-refractivity contribution is 6.32. The number of ether oxygens (including phenoxy) is 1. The highest BCUT2D eigenvalue weighted by Crippen LogP contribution is 2.30. The number of benzene rings is 2. The van der Waals surface area contributed by atoms with Gasteiger partial charge in [-0.25, -0.2) is 0 Å². The van der Waals surface area contributed by atoms with Gasteiger partial charge in [0.15, 0.2) is 0 Å². The van der Waals surface area contributed by atoms with E-state index in [9.17, 15) is 0 Å². The molecular formula is C15H16ClNO. The van der Waals surface area contributed by atoms with E-state index in [4.69, 9.17) is 16.3 Å². The van der Waals surface area contributed by atoms with Gasteiger partial charge in [0.05, 0.1) is 11.6 Å². The van der Waals surface area contributed by atoms with Crippen LogP contribution in [-0.4, -0.2) is 13.7 Å². The normalized spacial score (nSPS) is 10.2. The van der Waals surface area contributed by atoms with Gasteiger partial charge in [0.25, 0.3) is 0 Å². The van der Waals surface area contributed by atoms with Crippen LogP contribution in [0.3, 0.4) is 0 Å². The summed E-state index contributed by atoms with van der Waals surface area (Å²) in [5, 5.41) is 3.74. The summed E-state index contributed by atoms with van der Waals surface area (Å²) in [6, 6.07) is 14.1. The Balaban J connectivity index is 2.30. The van der Waals surface area contributed by atoms with Crippen LogP contribution in [0.5, 0.6) is 5.75 Å². The molecule has 0 bridgehead atoms. The first-order chi connectivity index (χ1) is 8.74. The summed E-state index contributed by atoms with van der Waals surface area (Å²) in [5.41, 5.74) is 3.32. The third-order valence-corrected chi connectivity index (χ3v) is 3.03. The first-order valence-electron chi connectivity index (χ1n) is 5.95. The molecule has 0 aliphatic rings. The minimum Gasteiger partial charge on any atom is -0.492 e. The van der Waals surface area contributed by atoms with E-state index >= 15 is 0 Å². The molecule has 2 aromatic carbocycles. The van der Waals surface area contributed by atoms with E-state index in [1.165, 1.54) is 0 Å². The number of hydrogen-bond donors (Lipinski definition) is 1. The standard InChI is InChI=1S/C15H16ClNO/c1-3-18-15-9-6-12(10-14(15)16)11-4-7-13(17-2)8-5-11/h4-10,17H,3H2,1-2H3. The molecule has 0 amide bonds. The van der Waals surface area contributed by atoms with Crippen LogP contribution in [0.2, 0.25) is 5.02 Å². The summed E-state index contributed by atoms with van der Waals surface area (Å²) in [6.07, 6.45) is 0. The van der Waals surface area contributed by atoms with Gasteiger partial charge >= 0.3 is 0 Å². The molecule has 18 heavy (non-hydrogen) atoms. The maximum Gasteiger partial charge on any atom is 0.137 e. The van der Waals surface area contributed by atoms with E-state index in [1.807, 2.05) is 44.3 Å². The molecule has 0 atom stereocenters. The zero-order valence-electron chi connectivity index (χ0n) is 10.5. The van der Waals surface area contributed by atoms with Crippen molar-refractivity contribution in [2.24, 2.45) is 0 Å². The van der Waals surface area contributed by atoms with Gasteiger partial charge in [-0.1, -0.05) is 29.8 Å². The van der Waals surface area contributed by atoms with E-state index in [0.717, 1.165) is 22.6 Å². The fourth-order valence-corrected chi connectivity index (χ4v) is 2.02. The van der Waals surface area contributed by atoms with Crippen LogP contribution in [0.4, 0.5) is 5.69 Å². The van der Waals surface area contributed by atoms with Gasteiger partial charge in [-0.05, 0) is 42.3 Å². The zero-order chi connectivity index (χ0) is 13.0. The Hall–Kier alpha value is -1.67. The predicted octanol–water partition coefficient (Wildman–Crippen LogP) is 4.45. The van der Waals surface area contributed by atoms with Crippen LogP contribution in [0, 0.1) is 0 Å². The third-order valence-electron chi connectivity index (χ3n) is 2.74. The Morgan fingerprint density at radius 3 is 2.28 bits per heavy atom. The summed E-state index contributed by atoms with van der Waals surface area (Å²) in [4.78, 5) is 0. The van der Waals surface area contributed by atoms with Crippen LogP contribution in [0.1, 0.15) is 6.92 Å². The lowest BCUT2D eigenvalue weighted by molar-refractivity contribution is 0.340. The molecule has 3 heteroatoms. The van der Waals surface area contributed by atoms with Gasteiger partial charge < -0.3 is 10.1 Å². The van der Waals surface area contributed by atoms with Crippen molar-refractivity contribution in [3.05, 3.63) is 47.5 Å². The molecule has 0 spiro atoms. The molecule has 0 heterocycles. The van der Waals surface area contributed by atoms with Crippen molar-refractivity contribution in [3.8, 4) is 16.9 Å². The van der Waals surface area contributed by atoms with Crippen LogP contribution in [0.25, 0.3) is 11.1 Å². The number of halogens is 1. The van der Waals surface area contributed by atoms with Crippen molar-refractivity contribution in [1.82, 2.24) is 0 Å². The average molecular weight is 262 g/mol. The molecule has 0 unspecified atom stereocenters. The average Bonchev–Trinajstić information content (AvgIpc) is 2.41. The van der Waals surface area contributed by atoms with E-state index in [-0.39, 0.29) is 0 Å². The highest BCUT2D eigenvalue weighted by atomic mass is 35.5. The molecule has 94 valence electrons. The molecule has 0 radical (unpaired) electrons. The van der Waals surface area contributed by atoms with Gasteiger partial charge in [0.1, 0.15) is 5.75 Å². The maximum atomic E-state index is 6.18. The first kappa shape index (κ1) is 12.8. The molecule has 0 aliphatic heterocycles. The van der Waals surface area contributed by atoms with Gasteiger partial charge in [-0.2, -0.15) is 0 Å². The summed E-state index contributed by atoms with van der Waals surface area (Å²) in [7, 11) is 1.91. The minimum absolute atomic E-state index is 0.621. The van der Waals surface area contributed by atoms with Crippen molar-refractivity contribution in [2.45, 2.75) is 6.92 Å². The smallest absolute Gasteiger partial charge is 0.137 e. The van der Waals surface area contributed by atoms with E-state index < -0.39 is 0 Å². The van der Waals surface area contributed by atoms with Crippen molar-refractivity contribution in [1.29, 1.82) is 0 Å². The number of anilines is 1. The Morgan fingerprint density at radius 2 is 1.72 bits per heavy atom. The van der Waals surface area contributed by atoms with Gasteiger partial charge in [-0.3, -0.25) is 0 Å².